The van der Waals surface area contributed by atoms with Crippen molar-refractivity contribution in [1.29, 1.82) is 0 Å². The topological polar surface area (TPSA) is 61.4 Å². The Bertz CT molecular complexity index is 667. The first-order valence-electron chi connectivity index (χ1n) is 8.18. The van der Waals surface area contributed by atoms with Gasteiger partial charge in [0.05, 0.1) is 12.2 Å². The SMILES string of the molecule is CN(C)c1nc(CNC(=O)C(c2cccnc2)N2CCCC2)cs1. The molecule has 0 bridgehead atoms. The van der Waals surface area contributed by atoms with Gasteiger partial charge in [0.1, 0.15) is 6.04 Å². The highest BCUT2D eigenvalue weighted by Gasteiger charge is 2.29. The fourth-order valence-corrected chi connectivity index (χ4v) is 3.68. The summed E-state index contributed by atoms with van der Waals surface area (Å²) in [5.74, 6) is 0.0179. The maximum absolute atomic E-state index is 12.8. The van der Waals surface area contributed by atoms with E-state index < -0.39 is 0 Å². The smallest absolute Gasteiger partial charge is 0.242 e. The number of likely N-dealkylation sites (tertiary alicyclic amines) is 1. The van der Waals surface area contributed by atoms with Crippen LogP contribution in [0.2, 0.25) is 0 Å². The Balaban J connectivity index is 1.69. The number of aromatic nitrogens is 2. The van der Waals surface area contributed by atoms with E-state index in [1.54, 1.807) is 23.7 Å². The van der Waals surface area contributed by atoms with Gasteiger partial charge >= 0.3 is 0 Å². The van der Waals surface area contributed by atoms with Crippen LogP contribution in [-0.2, 0) is 11.3 Å². The quantitative estimate of drug-likeness (QED) is 0.868. The van der Waals surface area contributed by atoms with Crippen molar-refractivity contribution in [2.24, 2.45) is 0 Å². The summed E-state index contributed by atoms with van der Waals surface area (Å²) < 4.78 is 0. The summed E-state index contributed by atoms with van der Waals surface area (Å²) >= 11 is 1.58. The third kappa shape index (κ3) is 3.91. The van der Waals surface area contributed by atoms with Crippen molar-refractivity contribution in [1.82, 2.24) is 20.2 Å². The number of anilines is 1. The summed E-state index contributed by atoms with van der Waals surface area (Å²) in [4.78, 5) is 25.7. The average molecular weight is 345 g/mol. The van der Waals surface area contributed by atoms with Crippen LogP contribution in [0.25, 0.3) is 0 Å². The number of hydrogen-bond donors (Lipinski definition) is 1. The second-order valence-electron chi connectivity index (χ2n) is 6.17. The van der Waals surface area contributed by atoms with Gasteiger partial charge in [0, 0.05) is 31.9 Å². The number of thiazole rings is 1. The molecule has 1 saturated heterocycles. The normalized spacial score (nSPS) is 16.1. The van der Waals surface area contributed by atoms with Crippen LogP contribution in [0.15, 0.2) is 29.9 Å². The first-order chi connectivity index (χ1) is 11.6. The van der Waals surface area contributed by atoms with Gasteiger partial charge in [0.25, 0.3) is 0 Å². The molecule has 3 heterocycles. The molecule has 128 valence electrons. The number of amides is 1. The van der Waals surface area contributed by atoms with Gasteiger partial charge in [-0.15, -0.1) is 11.3 Å². The summed E-state index contributed by atoms with van der Waals surface area (Å²) in [6.07, 6.45) is 5.81. The number of carbonyl (C=O) groups is 1. The Morgan fingerprint density at radius 2 is 2.21 bits per heavy atom. The highest BCUT2D eigenvalue weighted by Crippen LogP contribution is 2.25. The average Bonchev–Trinajstić information content (AvgIpc) is 3.26. The Kier molecular flexibility index (Phi) is 5.42. The van der Waals surface area contributed by atoms with Crippen LogP contribution in [0.3, 0.4) is 0 Å². The minimum atomic E-state index is -0.270. The van der Waals surface area contributed by atoms with Gasteiger partial charge in [-0.2, -0.15) is 0 Å². The molecule has 6 nitrogen and oxygen atoms in total. The van der Waals surface area contributed by atoms with E-state index in [-0.39, 0.29) is 11.9 Å². The van der Waals surface area contributed by atoms with E-state index >= 15 is 0 Å². The van der Waals surface area contributed by atoms with Crippen molar-refractivity contribution in [3.8, 4) is 0 Å². The van der Waals surface area contributed by atoms with E-state index in [9.17, 15) is 4.79 Å². The molecule has 7 heteroatoms. The largest absolute Gasteiger partial charge is 0.354 e. The van der Waals surface area contributed by atoms with Gasteiger partial charge in [-0.3, -0.25) is 14.7 Å². The highest BCUT2D eigenvalue weighted by atomic mass is 32.1. The first-order valence-corrected chi connectivity index (χ1v) is 9.06. The summed E-state index contributed by atoms with van der Waals surface area (Å²) in [6.45, 7) is 2.36. The zero-order valence-electron chi connectivity index (χ0n) is 14.1. The van der Waals surface area contributed by atoms with E-state index in [4.69, 9.17) is 0 Å². The molecule has 1 aliphatic rings. The number of nitrogens with zero attached hydrogens (tertiary/aromatic N) is 4. The van der Waals surface area contributed by atoms with Crippen LogP contribution in [0.5, 0.6) is 0 Å². The zero-order valence-corrected chi connectivity index (χ0v) is 14.9. The minimum absolute atomic E-state index is 0.0179. The maximum atomic E-state index is 12.8. The molecule has 3 rings (SSSR count). The molecule has 1 N–H and O–H groups in total. The second kappa shape index (κ2) is 7.72. The number of nitrogens with one attached hydrogen (secondary N) is 1. The molecule has 0 aromatic carbocycles. The third-order valence-corrected chi connectivity index (χ3v) is 5.18. The lowest BCUT2D eigenvalue weighted by Gasteiger charge is -2.26. The van der Waals surface area contributed by atoms with Gasteiger partial charge in [-0.1, -0.05) is 6.07 Å². The minimum Gasteiger partial charge on any atom is -0.354 e. The lowest BCUT2D eigenvalue weighted by molar-refractivity contribution is -0.126. The van der Waals surface area contributed by atoms with Crippen LogP contribution in [0.4, 0.5) is 5.13 Å². The van der Waals surface area contributed by atoms with E-state index in [1.165, 1.54) is 0 Å². The van der Waals surface area contributed by atoms with Crippen LogP contribution in [0, 0.1) is 0 Å². The monoisotopic (exact) mass is 345 g/mol. The van der Waals surface area contributed by atoms with Gasteiger partial charge < -0.3 is 10.2 Å². The number of rotatable bonds is 6. The predicted molar refractivity (Wildman–Crippen MR) is 96.1 cm³/mol. The molecule has 1 amide bonds. The third-order valence-electron chi connectivity index (χ3n) is 4.12. The second-order valence-corrected chi connectivity index (χ2v) is 7.00. The van der Waals surface area contributed by atoms with Gasteiger partial charge in [-0.05, 0) is 37.6 Å². The van der Waals surface area contributed by atoms with Crippen LogP contribution in [0.1, 0.15) is 30.1 Å². The van der Waals surface area contributed by atoms with Gasteiger partial charge in [0.15, 0.2) is 5.13 Å². The van der Waals surface area contributed by atoms with Crippen LogP contribution >= 0.6 is 11.3 Å². The van der Waals surface area contributed by atoms with Gasteiger partial charge in [-0.25, -0.2) is 4.98 Å². The van der Waals surface area contributed by atoms with E-state index in [0.717, 1.165) is 42.3 Å². The van der Waals surface area contributed by atoms with Crippen LogP contribution < -0.4 is 10.2 Å². The molecule has 1 aliphatic heterocycles. The summed E-state index contributed by atoms with van der Waals surface area (Å²) in [5, 5.41) is 5.98. The molecule has 2 aromatic heterocycles. The fraction of sp³-hybridized carbons (Fsp3) is 0.471. The predicted octanol–water partition coefficient (Wildman–Crippen LogP) is 2.06. The zero-order chi connectivity index (χ0) is 16.9. The Morgan fingerprint density at radius 1 is 1.42 bits per heavy atom. The van der Waals surface area contributed by atoms with Gasteiger partial charge in [0.2, 0.25) is 5.91 Å². The van der Waals surface area contributed by atoms with Crippen LogP contribution in [-0.4, -0.2) is 48.0 Å². The number of hydrogen-bond acceptors (Lipinski definition) is 6. The molecule has 2 aromatic rings. The molecular formula is C17H23N5OS. The summed E-state index contributed by atoms with van der Waals surface area (Å²) in [7, 11) is 3.93. The first kappa shape index (κ1) is 16.9. The molecular weight excluding hydrogens is 322 g/mol. The highest BCUT2D eigenvalue weighted by molar-refractivity contribution is 7.13. The van der Waals surface area contributed by atoms with Crippen molar-refractivity contribution in [2.75, 3.05) is 32.1 Å². The van der Waals surface area contributed by atoms with Crippen molar-refractivity contribution < 1.29 is 4.79 Å². The fourth-order valence-electron chi connectivity index (χ4n) is 2.92. The standard InChI is InChI=1S/C17H23N5OS/c1-21(2)17-20-14(12-24-17)11-19-16(23)15(22-8-3-4-9-22)13-6-5-7-18-10-13/h5-7,10,12,15H,3-4,8-9,11H2,1-2H3,(H,19,23). The lowest BCUT2D eigenvalue weighted by Crippen LogP contribution is -2.39. The van der Waals surface area contributed by atoms with E-state index in [2.05, 4.69) is 20.2 Å². The molecule has 0 radical (unpaired) electrons. The summed E-state index contributed by atoms with van der Waals surface area (Å²) in [6, 6.07) is 3.59. The molecule has 0 saturated carbocycles. The van der Waals surface area contributed by atoms with E-state index in [1.807, 2.05) is 36.5 Å². The number of carbonyl (C=O) groups excluding carboxylic acids is 1. The molecule has 0 spiro atoms. The number of pyridine rings is 1. The lowest BCUT2D eigenvalue weighted by atomic mass is 10.1. The van der Waals surface area contributed by atoms with Crippen molar-refractivity contribution in [2.45, 2.75) is 25.4 Å². The molecule has 1 fully saturated rings. The van der Waals surface area contributed by atoms with Crippen molar-refractivity contribution >= 4 is 22.4 Å². The maximum Gasteiger partial charge on any atom is 0.242 e. The van der Waals surface area contributed by atoms with E-state index in [0.29, 0.717) is 6.54 Å². The molecule has 24 heavy (non-hydrogen) atoms. The molecule has 1 atom stereocenters. The Morgan fingerprint density at radius 3 is 2.83 bits per heavy atom. The Labute approximate surface area is 146 Å². The van der Waals surface area contributed by atoms with Crippen molar-refractivity contribution in [3.63, 3.8) is 0 Å². The van der Waals surface area contributed by atoms with Crippen molar-refractivity contribution in [3.05, 3.63) is 41.2 Å². The molecule has 1 unspecified atom stereocenters. The summed E-state index contributed by atoms with van der Waals surface area (Å²) in [5.41, 5.74) is 1.84. The Hall–Kier alpha value is -1.99. The molecule has 0 aliphatic carbocycles.